The molecule has 0 fully saturated rings. The average Bonchev–Trinajstić information content (AvgIpc) is 2.61. The number of nitro benzene ring substituents is 1. The second-order valence-corrected chi connectivity index (χ2v) is 5.85. The minimum Gasteiger partial charge on any atom is -0.487 e. The predicted octanol–water partition coefficient (Wildman–Crippen LogP) is 3.25. The normalized spacial score (nSPS) is 11.5. The number of aryl methyl sites for hydroxylation is 1. The van der Waals surface area contributed by atoms with Gasteiger partial charge in [0.15, 0.2) is 5.75 Å². The van der Waals surface area contributed by atoms with Gasteiger partial charge in [-0.05, 0) is 37.1 Å². The van der Waals surface area contributed by atoms with Gasteiger partial charge in [0.25, 0.3) is 5.91 Å². The van der Waals surface area contributed by atoms with E-state index in [0.29, 0.717) is 5.56 Å². The number of aliphatic carboxylic acids is 1. The molecule has 0 radical (unpaired) electrons. The van der Waals surface area contributed by atoms with Crippen LogP contribution in [-0.2, 0) is 4.79 Å². The summed E-state index contributed by atoms with van der Waals surface area (Å²) in [6.07, 6.45) is -0.310. The number of ether oxygens (including phenoxy) is 1. The number of carbonyl (C=O) groups is 2. The summed E-state index contributed by atoms with van der Waals surface area (Å²) < 4.78 is 5.20. The molecule has 8 nitrogen and oxygen atoms in total. The van der Waals surface area contributed by atoms with E-state index in [2.05, 4.69) is 5.32 Å². The first-order valence-electron chi connectivity index (χ1n) is 8.33. The molecule has 2 rings (SSSR count). The van der Waals surface area contributed by atoms with E-state index in [1.807, 2.05) is 19.1 Å². The van der Waals surface area contributed by atoms with E-state index in [4.69, 9.17) is 4.74 Å². The summed E-state index contributed by atoms with van der Waals surface area (Å²) in [5.41, 5.74) is 1.24. The second-order valence-electron chi connectivity index (χ2n) is 5.85. The molecule has 2 N–H and O–H groups in total. The molecule has 0 aliphatic heterocycles. The molecule has 0 saturated carbocycles. The summed E-state index contributed by atoms with van der Waals surface area (Å²) in [5, 5.41) is 23.1. The van der Waals surface area contributed by atoms with Gasteiger partial charge in [-0.2, -0.15) is 0 Å². The molecule has 0 aliphatic rings. The topological polar surface area (TPSA) is 119 Å². The summed E-state index contributed by atoms with van der Waals surface area (Å²) in [5.74, 6) is -1.60. The number of nitro groups is 1. The van der Waals surface area contributed by atoms with Crippen molar-refractivity contribution in [2.24, 2.45) is 0 Å². The molecule has 2 aromatic carbocycles. The Morgan fingerprint density at radius 2 is 1.96 bits per heavy atom. The van der Waals surface area contributed by atoms with Crippen LogP contribution in [0.25, 0.3) is 0 Å². The van der Waals surface area contributed by atoms with Crippen molar-refractivity contribution in [1.29, 1.82) is 0 Å². The van der Waals surface area contributed by atoms with Crippen LogP contribution in [0.2, 0.25) is 0 Å². The van der Waals surface area contributed by atoms with E-state index in [1.54, 1.807) is 19.1 Å². The smallest absolute Gasteiger partial charge is 0.311 e. The van der Waals surface area contributed by atoms with Gasteiger partial charge in [0.05, 0.1) is 24.0 Å². The summed E-state index contributed by atoms with van der Waals surface area (Å²) in [4.78, 5) is 34.4. The summed E-state index contributed by atoms with van der Waals surface area (Å²) >= 11 is 0. The van der Waals surface area contributed by atoms with Gasteiger partial charge in [-0.15, -0.1) is 0 Å². The number of nitrogens with one attached hydrogen (secondary N) is 1. The Kier molecular flexibility index (Phi) is 6.48. The zero-order chi connectivity index (χ0) is 20.0. The van der Waals surface area contributed by atoms with Gasteiger partial charge in [0, 0.05) is 11.6 Å². The van der Waals surface area contributed by atoms with Crippen molar-refractivity contribution in [1.82, 2.24) is 5.32 Å². The molecule has 2 aromatic rings. The van der Waals surface area contributed by atoms with Crippen molar-refractivity contribution in [3.63, 3.8) is 0 Å². The van der Waals surface area contributed by atoms with E-state index in [1.165, 1.54) is 12.1 Å². The predicted molar refractivity (Wildman–Crippen MR) is 97.9 cm³/mol. The van der Waals surface area contributed by atoms with E-state index in [0.717, 1.165) is 11.6 Å². The van der Waals surface area contributed by atoms with Crippen LogP contribution in [-0.4, -0.2) is 28.5 Å². The molecule has 0 aliphatic carbocycles. The lowest BCUT2D eigenvalue weighted by Crippen LogP contribution is -2.30. The number of amides is 1. The third-order valence-electron chi connectivity index (χ3n) is 3.97. The maximum Gasteiger partial charge on any atom is 0.311 e. The Bertz CT molecular complexity index is 865. The Morgan fingerprint density at radius 3 is 2.56 bits per heavy atom. The van der Waals surface area contributed by atoms with Crippen LogP contribution < -0.4 is 10.1 Å². The number of carbonyl (C=O) groups excluding carboxylic acids is 1. The number of rotatable bonds is 8. The van der Waals surface area contributed by atoms with Crippen molar-refractivity contribution >= 4 is 17.6 Å². The van der Waals surface area contributed by atoms with Crippen molar-refractivity contribution in [3.05, 3.63) is 69.3 Å². The highest BCUT2D eigenvalue weighted by Gasteiger charge is 2.23. The van der Waals surface area contributed by atoms with Crippen molar-refractivity contribution < 1.29 is 24.4 Å². The van der Waals surface area contributed by atoms with Crippen LogP contribution in [0.5, 0.6) is 5.75 Å². The van der Waals surface area contributed by atoms with Crippen LogP contribution in [0.4, 0.5) is 5.69 Å². The van der Waals surface area contributed by atoms with Crippen LogP contribution in [0.1, 0.15) is 40.9 Å². The molecule has 0 spiro atoms. The standard InChI is InChI=1S/C19H20N2O6/c1-3-27-17-9-8-13(10-16(17)21(25)26)19(24)20-15(11-18(22)23)14-7-5-4-6-12(14)2/h4-10,15H,3,11H2,1-2H3,(H,20,24)(H,22,23). The fourth-order valence-corrected chi connectivity index (χ4v) is 2.71. The number of benzene rings is 2. The highest BCUT2D eigenvalue weighted by Crippen LogP contribution is 2.28. The number of hydrogen-bond acceptors (Lipinski definition) is 5. The van der Waals surface area contributed by atoms with Gasteiger partial charge in [-0.3, -0.25) is 19.7 Å². The molecule has 27 heavy (non-hydrogen) atoms. The summed E-state index contributed by atoms with van der Waals surface area (Å²) in [7, 11) is 0. The van der Waals surface area contributed by atoms with Gasteiger partial charge >= 0.3 is 11.7 Å². The number of carboxylic acids is 1. The molecule has 0 saturated heterocycles. The molecular formula is C19H20N2O6. The fourth-order valence-electron chi connectivity index (χ4n) is 2.71. The lowest BCUT2D eigenvalue weighted by Gasteiger charge is -2.19. The van der Waals surface area contributed by atoms with Gasteiger partial charge in [-0.1, -0.05) is 24.3 Å². The minimum atomic E-state index is -1.07. The Hall–Kier alpha value is -3.42. The maximum absolute atomic E-state index is 12.6. The van der Waals surface area contributed by atoms with Crippen molar-refractivity contribution in [3.8, 4) is 5.75 Å². The zero-order valence-electron chi connectivity index (χ0n) is 15.0. The first-order valence-corrected chi connectivity index (χ1v) is 8.33. The van der Waals surface area contributed by atoms with E-state index >= 15 is 0 Å². The molecular weight excluding hydrogens is 352 g/mol. The number of hydrogen-bond donors (Lipinski definition) is 2. The van der Waals surface area contributed by atoms with Crippen LogP contribution >= 0.6 is 0 Å². The van der Waals surface area contributed by atoms with Crippen LogP contribution in [0.3, 0.4) is 0 Å². The van der Waals surface area contributed by atoms with Crippen LogP contribution in [0.15, 0.2) is 42.5 Å². The number of nitrogens with zero attached hydrogens (tertiary/aromatic N) is 1. The van der Waals surface area contributed by atoms with E-state index in [-0.39, 0.29) is 30.0 Å². The first-order chi connectivity index (χ1) is 12.8. The van der Waals surface area contributed by atoms with Gasteiger partial charge in [0.1, 0.15) is 0 Å². The second kappa shape index (κ2) is 8.79. The lowest BCUT2D eigenvalue weighted by molar-refractivity contribution is -0.385. The lowest BCUT2D eigenvalue weighted by atomic mass is 9.98. The van der Waals surface area contributed by atoms with Crippen molar-refractivity contribution in [2.75, 3.05) is 6.61 Å². The highest BCUT2D eigenvalue weighted by atomic mass is 16.6. The van der Waals surface area contributed by atoms with E-state index in [9.17, 15) is 24.8 Å². The molecule has 8 heteroatoms. The summed E-state index contributed by atoms with van der Waals surface area (Å²) in [6, 6.07) is 10.2. The highest BCUT2D eigenvalue weighted by molar-refractivity contribution is 5.95. The minimum absolute atomic E-state index is 0.0501. The molecule has 1 atom stereocenters. The average molecular weight is 372 g/mol. The monoisotopic (exact) mass is 372 g/mol. The van der Waals surface area contributed by atoms with Gasteiger partial charge in [-0.25, -0.2) is 0 Å². The molecule has 142 valence electrons. The molecule has 0 heterocycles. The molecule has 0 aromatic heterocycles. The fraction of sp³-hybridized carbons (Fsp3) is 0.263. The molecule has 1 amide bonds. The van der Waals surface area contributed by atoms with Crippen LogP contribution in [0, 0.1) is 17.0 Å². The largest absolute Gasteiger partial charge is 0.487 e. The Labute approximate surface area is 155 Å². The maximum atomic E-state index is 12.6. The van der Waals surface area contributed by atoms with Crippen molar-refractivity contribution in [2.45, 2.75) is 26.3 Å². The van der Waals surface area contributed by atoms with Gasteiger partial charge < -0.3 is 15.2 Å². The number of carboxylic acid groups (broad SMARTS) is 1. The SMILES string of the molecule is CCOc1ccc(C(=O)NC(CC(=O)O)c2ccccc2C)cc1[N+](=O)[O-]. The Balaban J connectivity index is 2.32. The zero-order valence-corrected chi connectivity index (χ0v) is 15.0. The third kappa shape index (κ3) is 5.04. The Morgan fingerprint density at radius 1 is 1.26 bits per heavy atom. The summed E-state index contributed by atoms with van der Waals surface area (Å²) in [6.45, 7) is 3.77. The first kappa shape index (κ1) is 19.9. The van der Waals surface area contributed by atoms with Gasteiger partial charge in [0.2, 0.25) is 0 Å². The quantitative estimate of drug-likeness (QED) is 0.542. The molecule has 1 unspecified atom stereocenters. The van der Waals surface area contributed by atoms with E-state index < -0.39 is 22.8 Å². The third-order valence-corrected chi connectivity index (χ3v) is 3.97. The molecule has 0 bridgehead atoms.